The van der Waals surface area contributed by atoms with Crippen molar-refractivity contribution in [1.29, 1.82) is 0 Å². The molecule has 0 radical (unpaired) electrons. The Balaban J connectivity index is 1.50. The second-order valence-electron chi connectivity index (χ2n) is 14.1. The van der Waals surface area contributed by atoms with Crippen molar-refractivity contribution in [3.05, 3.63) is 143 Å². The van der Waals surface area contributed by atoms with Crippen molar-refractivity contribution in [1.82, 2.24) is 0 Å². The molecule has 1 aliphatic rings. The van der Waals surface area contributed by atoms with Crippen molar-refractivity contribution in [2.75, 3.05) is 0 Å². The Hall–Kier alpha value is -4.82. The van der Waals surface area contributed by atoms with E-state index in [1.54, 1.807) is 0 Å². The average Bonchev–Trinajstić information content (AvgIpc) is 3.26. The number of hydrogen-bond donors (Lipinski definition) is 0. The van der Waals surface area contributed by atoms with Crippen LogP contribution in [0.25, 0.3) is 56.7 Å². The lowest BCUT2D eigenvalue weighted by atomic mass is 9.76. The van der Waals surface area contributed by atoms with Gasteiger partial charge in [-0.3, -0.25) is 0 Å². The van der Waals surface area contributed by atoms with Crippen LogP contribution >= 0.6 is 0 Å². The fourth-order valence-corrected chi connectivity index (χ4v) is 7.32. The number of nitrogens with zero attached hydrogens (tertiary/aromatic N) is 2. The van der Waals surface area contributed by atoms with Crippen molar-refractivity contribution in [3.63, 3.8) is 0 Å². The van der Waals surface area contributed by atoms with Crippen molar-refractivity contribution >= 4 is 23.0 Å². The molecule has 4 aromatic carbocycles. The van der Waals surface area contributed by atoms with E-state index in [0.717, 1.165) is 0 Å². The van der Waals surface area contributed by atoms with Crippen LogP contribution in [0.15, 0.2) is 116 Å². The van der Waals surface area contributed by atoms with Gasteiger partial charge >= 0.3 is 0 Å². The van der Waals surface area contributed by atoms with Crippen LogP contribution in [0, 0.1) is 6.92 Å². The lowest BCUT2D eigenvalue weighted by molar-refractivity contribution is -0.660. The number of pyridine rings is 2. The minimum absolute atomic E-state index is 0.0357. The maximum Gasteiger partial charge on any atom is 0.218 e. The van der Waals surface area contributed by atoms with E-state index < -0.39 is 0 Å². The number of aryl methyl sites for hydroxylation is 2. The summed E-state index contributed by atoms with van der Waals surface area (Å²) in [6.07, 6.45) is 8.91. The largest absolute Gasteiger partial charge is 0.218 e. The molecule has 222 valence electrons. The zero-order valence-electron chi connectivity index (χ0n) is 27.5. The fourth-order valence-electron chi connectivity index (χ4n) is 7.32. The maximum atomic E-state index is 2.42. The molecule has 0 unspecified atom stereocenters. The van der Waals surface area contributed by atoms with E-state index in [4.69, 9.17) is 0 Å². The number of benzene rings is 4. The van der Waals surface area contributed by atoms with Crippen LogP contribution in [0.5, 0.6) is 0 Å². The summed E-state index contributed by atoms with van der Waals surface area (Å²) in [6, 6.07) is 37.9. The summed E-state index contributed by atoms with van der Waals surface area (Å²) in [5.74, 6) is 0. The van der Waals surface area contributed by atoms with Gasteiger partial charge in [-0.25, -0.2) is 4.57 Å². The van der Waals surface area contributed by atoms with Gasteiger partial charge in [-0.2, -0.15) is 4.57 Å². The molecule has 0 saturated heterocycles. The molecule has 0 atom stereocenters. The summed E-state index contributed by atoms with van der Waals surface area (Å²) >= 11 is 0. The quantitative estimate of drug-likeness (QED) is 0.182. The van der Waals surface area contributed by atoms with Gasteiger partial charge in [-0.05, 0) is 74.2 Å². The van der Waals surface area contributed by atoms with E-state index in [1.807, 2.05) is 0 Å². The Morgan fingerprint density at radius 2 is 1.38 bits per heavy atom. The minimum atomic E-state index is -0.193. The predicted octanol–water partition coefficient (Wildman–Crippen LogP) is 9.83. The molecular formula is C43H42N2+2. The Bertz CT molecular complexity index is 2140. The summed E-state index contributed by atoms with van der Waals surface area (Å²) in [7, 11) is 2.18. The first-order chi connectivity index (χ1) is 21.6. The molecule has 0 fully saturated rings. The molecule has 2 aromatic heterocycles. The first kappa shape index (κ1) is 28.9. The van der Waals surface area contributed by atoms with Crippen molar-refractivity contribution in [2.45, 2.75) is 52.4 Å². The Morgan fingerprint density at radius 3 is 2.18 bits per heavy atom. The highest BCUT2D eigenvalue weighted by atomic mass is 14.9. The molecule has 2 heterocycles. The van der Waals surface area contributed by atoms with Crippen LogP contribution in [0.3, 0.4) is 0 Å². The first-order valence-electron chi connectivity index (χ1n) is 16.0. The summed E-state index contributed by atoms with van der Waals surface area (Å²) in [5.41, 5.74) is 14.1. The molecule has 0 spiro atoms. The van der Waals surface area contributed by atoms with Crippen LogP contribution in [0.2, 0.25) is 0 Å². The Labute approximate surface area is 268 Å². The van der Waals surface area contributed by atoms with Crippen LogP contribution in [0.4, 0.5) is 0 Å². The van der Waals surface area contributed by atoms with E-state index in [2.05, 4.69) is 186 Å². The second-order valence-corrected chi connectivity index (χ2v) is 14.1. The molecule has 0 amide bonds. The van der Waals surface area contributed by atoms with Gasteiger partial charge in [0.1, 0.15) is 7.05 Å². The third kappa shape index (κ3) is 4.80. The van der Waals surface area contributed by atoms with E-state index in [0.29, 0.717) is 0 Å². The number of hydrogen-bond acceptors (Lipinski definition) is 0. The normalized spacial score (nSPS) is 13.8. The molecule has 6 aromatic rings. The zero-order chi connectivity index (χ0) is 31.5. The molecule has 0 bridgehead atoms. The molecule has 2 nitrogen and oxygen atoms in total. The maximum absolute atomic E-state index is 2.42. The van der Waals surface area contributed by atoms with Gasteiger partial charge in [-0.15, -0.1) is 0 Å². The summed E-state index contributed by atoms with van der Waals surface area (Å²) < 4.78 is 4.55. The SMILES string of the molecule is Cc1ccccc1-c1cccc[n+]1/C=C\c1ccc2c(c1-c1cc(C(C)(C)C)cc[n+]1C)C(C)(C)c1c-2ccc2ccccc12. The second kappa shape index (κ2) is 10.7. The summed E-state index contributed by atoms with van der Waals surface area (Å²) in [4.78, 5) is 0. The number of aromatic nitrogens is 2. The van der Waals surface area contributed by atoms with Crippen molar-refractivity contribution in [2.24, 2.45) is 7.05 Å². The van der Waals surface area contributed by atoms with E-state index in [9.17, 15) is 0 Å². The fraction of sp³-hybridized carbons (Fsp3) is 0.209. The zero-order valence-corrected chi connectivity index (χ0v) is 27.5. The van der Waals surface area contributed by atoms with Crippen LogP contribution in [-0.2, 0) is 17.9 Å². The van der Waals surface area contributed by atoms with Gasteiger partial charge < -0.3 is 0 Å². The molecule has 0 aliphatic heterocycles. The number of fused-ring (bicyclic) bond motifs is 5. The van der Waals surface area contributed by atoms with E-state index in [-0.39, 0.29) is 10.8 Å². The Kier molecular flexibility index (Phi) is 6.85. The van der Waals surface area contributed by atoms with E-state index in [1.165, 1.54) is 72.2 Å². The smallest absolute Gasteiger partial charge is 0.201 e. The predicted molar refractivity (Wildman–Crippen MR) is 189 cm³/mol. The van der Waals surface area contributed by atoms with Gasteiger partial charge in [0.2, 0.25) is 11.4 Å². The summed E-state index contributed by atoms with van der Waals surface area (Å²) in [6.45, 7) is 13.9. The van der Waals surface area contributed by atoms with Crippen LogP contribution in [-0.4, -0.2) is 0 Å². The third-order valence-corrected chi connectivity index (χ3v) is 9.70. The van der Waals surface area contributed by atoms with Gasteiger partial charge in [-0.1, -0.05) is 101 Å². The number of rotatable bonds is 4. The van der Waals surface area contributed by atoms with Crippen molar-refractivity contribution in [3.8, 4) is 33.6 Å². The highest BCUT2D eigenvalue weighted by Gasteiger charge is 2.41. The molecular weight excluding hydrogens is 544 g/mol. The third-order valence-electron chi connectivity index (χ3n) is 9.70. The average molecular weight is 587 g/mol. The molecule has 0 saturated carbocycles. The first-order valence-corrected chi connectivity index (χ1v) is 16.0. The highest BCUT2D eigenvalue weighted by Crippen LogP contribution is 2.55. The van der Waals surface area contributed by atoms with Gasteiger partial charge in [0.15, 0.2) is 18.6 Å². The lowest BCUT2D eigenvalue weighted by Gasteiger charge is -2.26. The molecule has 0 N–H and O–H groups in total. The molecule has 45 heavy (non-hydrogen) atoms. The Morgan fingerprint density at radius 1 is 0.667 bits per heavy atom. The van der Waals surface area contributed by atoms with E-state index >= 15 is 0 Å². The monoisotopic (exact) mass is 586 g/mol. The van der Waals surface area contributed by atoms with Crippen LogP contribution in [0.1, 0.15) is 62.4 Å². The van der Waals surface area contributed by atoms with Crippen molar-refractivity contribution < 1.29 is 9.13 Å². The van der Waals surface area contributed by atoms with Gasteiger partial charge in [0, 0.05) is 41.3 Å². The standard InChI is InChI=1S/C43H42N2/c1-29-14-8-10-16-33(29)37-18-12-13-25-45(37)27-23-31-20-22-36-35-21-19-30-15-9-11-17-34(30)40(35)43(5,6)41(36)39(31)38-28-32(42(2,3)4)24-26-44(38)7/h8-28H,1-7H3/q+2/b27-23-. The molecule has 2 heteroatoms. The van der Waals surface area contributed by atoms with Gasteiger partial charge in [0.25, 0.3) is 0 Å². The van der Waals surface area contributed by atoms with Gasteiger partial charge in [0.05, 0.1) is 5.56 Å². The molecule has 1 aliphatic carbocycles. The lowest BCUT2D eigenvalue weighted by Crippen LogP contribution is -2.33. The topological polar surface area (TPSA) is 7.76 Å². The highest BCUT2D eigenvalue weighted by molar-refractivity contribution is 6.00. The minimum Gasteiger partial charge on any atom is -0.201 e. The summed E-state index contributed by atoms with van der Waals surface area (Å²) in [5, 5.41) is 2.64. The van der Waals surface area contributed by atoms with Crippen LogP contribution < -0.4 is 9.13 Å². The molecule has 7 rings (SSSR count).